The second-order valence-electron chi connectivity index (χ2n) is 7.22. The third-order valence-electron chi connectivity index (χ3n) is 5.14. The van der Waals surface area contributed by atoms with Gasteiger partial charge in [0.15, 0.2) is 0 Å². The molecule has 0 bridgehead atoms. The zero-order valence-electron chi connectivity index (χ0n) is 16.6. The van der Waals surface area contributed by atoms with Gasteiger partial charge in [0.1, 0.15) is 5.69 Å². The van der Waals surface area contributed by atoms with Crippen LogP contribution in [0.15, 0.2) is 24.4 Å². The zero-order chi connectivity index (χ0) is 21.1. The van der Waals surface area contributed by atoms with Crippen LogP contribution in [-0.2, 0) is 0 Å². The summed E-state index contributed by atoms with van der Waals surface area (Å²) in [5.74, 6) is -0.518. The molecule has 1 aliphatic heterocycles. The Balaban J connectivity index is 1.90. The van der Waals surface area contributed by atoms with Gasteiger partial charge in [-0.1, -0.05) is 0 Å². The standard InChI is InChI=1S/C19H24N6O4/c1-20-18(26)12-6-7-15(16(9-12)25(28)29)24-8-4-5-13(11-24)17-14(10-21-22-17)19(27)23(2)3/h6-7,9-10,13H,4-5,8,11H2,1-3H3,(H,20,26)(H,21,22)/t13-/m0/s1. The molecule has 0 aliphatic carbocycles. The van der Waals surface area contributed by atoms with Gasteiger partial charge in [-0.05, 0) is 25.0 Å². The Morgan fingerprint density at radius 2 is 2.14 bits per heavy atom. The second-order valence-corrected chi connectivity index (χ2v) is 7.22. The van der Waals surface area contributed by atoms with Crippen molar-refractivity contribution in [2.75, 3.05) is 39.1 Å². The SMILES string of the molecule is CNC(=O)c1ccc(N2CCC[C@H](c3[nH]ncc3C(=O)N(C)C)C2)c([N+](=O)[O-])c1. The molecule has 0 saturated carbocycles. The van der Waals surface area contributed by atoms with Crippen LogP contribution in [0.25, 0.3) is 0 Å². The number of piperidine rings is 1. The summed E-state index contributed by atoms with van der Waals surface area (Å²) >= 11 is 0. The molecule has 10 nitrogen and oxygen atoms in total. The molecule has 29 heavy (non-hydrogen) atoms. The lowest BCUT2D eigenvalue weighted by atomic mass is 9.91. The molecule has 1 atom stereocenters. The largest absolute Gasteiger partial charge is 0.365 e. The number of nitrogens with zero attached hydrogens (tertiary/aromatic N) is 4. The van der Waals surface area contributed by atoms with Crippen molar-refractivity contribution in [3.8, 4) is 0 Å². The Kier molecular flexibility index (Phi) is 5.81. The predicted molar refractivity (Wildman–Crippen MR) is 107 cm³/mol. The van der Waals surface area contributed by atoms with Crippen molar-refractivity contribution in [2.24, 2.45) is 0 Å². The number of hydrogen-bond acceptors (Lipinski definition) is 6. The van der Waals surface area contributed by atoms with Gasteiger partial charge in [0.05, 0.1) is 22.4 Å². The lowest BCUT2D eigenvalue weighted by Crippen LogP contribution is -2.36. The average Bonchev–Trinajstić information content (AvgIpc) is 3.21. The molecule has 2 N–H and O–H groups in total. The summed E-state index contributed by atoms with van der Waals surface area (Å²) in [6, 6.07) is 4.50. The fourth-order valence-corrected chi connectivity index (χ4v) is 3.67. The molecular formula is C19H24N6O4. The van der Waals surface area contributed by atoms with Crippen molar-refractivity contribution < 1.29 is 14.5 Å². The molecule has 1 fully saturated rings. The first-order valence-corrected chi connectivity index (χ1v) is 9.33. The lowest BCUT2D eigenvalue weighted by molar-refractivity contribution is -0.384. The summed E-state index contributed by atoms with van der Waals surface area (Å²) in [7, 11) is 4.85. The molecule has 2 aromatic rings. The molecule has 154 valence electrons. The van der Waals surface area contributed by atoms with Crippen LogP contribution < -0.4 is 10.2 Å². The van der Waals surface area contributed by atoms with E-state index in [9.17, 15) is 19.7 Å². The monoisotopic (exact) mass is 400 g/mol. The topological polar surface area (TPSA) is 124 Å². The summed E-state index contributed by atoms with van der Waals surface area (Å²) in [5.41, 5.74) is 1.86. The minimum Gasteiger partial charge on any atom is -0.365 e. The fraction of sp³-hybridized carbons (Fsp3) is 0.421. The number of nitro groups is 1. The number of nitrogens with one attached hydrogen (secondary N) is 2. The molecule has 3 rings (SSSR count). The van der Waals surface area contributed by atoms with Crippen molar-refractivity contribution in [1.82, 2.24) is 20.4 Å². The Hall–Kier alpha value is -3.43. The van der Waals surface area contributed by atoms with Gasteiger partial charge in [-0.3, -0.25) is 24.8 Å². The average molecular weight is 400 g/mol. The maximum Gasteiger partial charge on any atom is 0.293 e. The number of aromatic nitrogens is 2. The molecule has 1 aliphatic rings. The minimum absolute atomic E-state index is 0.0108. The van der Waals surface area contributed by atoms with Gasteiger partial charge in [0.2, 0.25) is 0 Å². The van der Waals surface area contributed by atoms with Gasteiger partial charge in [-0.25, -0.2) is 0 Å². The summed E-state index contributed by atoms with van der Waals surface area (Å²) in [5, 5.41) is 21.1. The number of H-pyrrole nitrogens is 1. The van der Waals surface area contributed by atoms with Gasteiger partial charge in [0.25, 0.3) is 17.5 Å². The highest BCUT2D eigenvalue weighted by Gasteiger charge is 2.30. The zero-order valence-corrected chi connectivity index (χ0v) is 16.6. The number of amides is 2. The third-order valence-corrected chi connectivity index (χ3v) is 5.14. The van der Waals surface area contributed by atoms with Gasteiger partial charge in [-0.2, -0.15) is 5.10 Å². The normalized spacial score (nSPS) is 16.4. The molecule has 1 aromatic carbocycles. The molecule has 0 spiro atoms. The van der Waals surface area contributed by atoms with Crippen LogP contribution in [0.3, 0.4) is 0 Å². The van der Waals surface area contributed by atoms with Crippen LogP contribution in [0.2, 0.25) is 0 Å². The van der Waals surface area contributed by atoms with Crippen molar-refractivity contribution in [1.29, 1.82) is 0 Å². The van der Waals surface area contributed by atoms with Gasteiger partial charge >= 0.3 is 0 Å². The van der Waals surface area contributed by atoms with Crippen LogP contribution >= 0.6 is 0 Å². The molecular weight excluding hydrogens is 376 g/mol. The summed E-state index contributed by atoms with van der Waals surface area (Å²) in [4.78, 5) is 38.9. The number of carbonyl (C=O) groups excluding carboxylic acids is 2. The van der Waals surface area contributed by atoms with Gasteiger partial charge in [0, 0.05) is 51.8 Å². The van der Waals surface area contributed by atoms with E-state index in [4.69, 9.17) is 0 Å². The number of aromatic amines is 1. The Bertz CT molecular complexity index is 939. The van der Waals surface area contributed by atoms with Gasteiger partial charge < -0.3 is 15.1 Å². The highest BCUT2D eigenvalue weighted by atomic mass is 16.6. The maximum atomic E-state index is 12.4. The van der Waals surface area contributed by atoms with E-state index in [1.165, 1.54) is 24.2 Å². The van der Waals surface area contributed by atoms with Crippen molar-refractivity contribution in [2.45, 2.75) is 18.8 Å². The van der Waals surface area contributed by atoms with E-state index in [0.29, 0.717) is 24.3 Å². The third kappa shape index (κ3) is 4.05. The summed E-state index contributed by atoms with van der Waals surface area (Å²) in [6.45, 7) is 1.16. The number of anilines is 1. The number of nitro benzene ring substituents is 1. The molecule has 1 aromatic heterocycles. The fourth-order valence-electron chi connectivity index (χ4n) is 3.67. The first kappa shape index (κ1) is 20.3. The van der Waals surface area contributed by atoms with Crippen LogP contribution in [0, 0.1) is 10.1 Å². The number of benzene rings is 1. The first-order valence-electron chi connectivity index (χ1n) is 9.33. The van der Waals surface area contributed by atoms with Crippen molar-refractivity contribution in [3.05, 3.63) is 51.3 Å². The van der Waals surface area contributed by atoms with E-state index in [0.717, 1.165) is 18.5 Å². The molecule has 0 unspecified atom stereocenters. The van der Waals surface area contributed by atoms with E-state index >= 15 is 0 Å². The molecule has 10 heteroatoms. The van der Waals surface area contributed by atoms with Crippen LogP contribution in [0.1, 0.15) is 45.2 Å². The molecule has 0 radical (unpaired) electrons. The first-order chi connectivity index (χ1) is 13.8. The highest BCUT2D eigenvalue weighted by Crippen LogP contribution is 2.35. The second kappa shape index (κ2) is 8.29. The quantitative estimate of drug-likeness (QED) is 0.582. The van der Waals surface area contributed by atoms with Crippen molar-refractivity contribution >= 4 is 23.2 Å². The summed E-state index contributed by atoms with van der Waals surface area (Å²) in [6.07, 6.45) is 3.18. The van der Waals surface area contributed by atoms with E-state index in [1.54, 1.807) is 26.2 Å². The summed E-state index contributed by atoms with van der Waals surface area (Å²) < 4.78 is 0. The maximum absolute atomic E-state index is 12.4. The van der Waals surface area contributed by atoms with Crippen molar-refractivity contribution in [3.63, 3.8) is 0 Å². The highest BCUT2D eigenvalue weighted by molar-refractivity contribution is 5.96. The van der Waals surface area contributed by atoms with Crippen LogP contribution in [0.4, 0.5) is 11.4 Å². The minimum atomic E-state index is -0.470. The molecule has 2 heterocycles. The molecule has 1 saturated heterocycles. The Labute approximate surface area is 168 Å². The van der Waals surface area contributed by atoms with E-state index in [2.05, 4.69) is 15.5 Å². The van der Waals surface area contributed by atoms with E-state index < -0.39 is 4.92 Å². The predicted octanol–water partition coefficient (Wildman–Crippen LogP) is 1.76. The van der Waals surface area contributed by atoms with Crippen LogP contribution in [0.5, 0.6) is 0 Å². The van der Waals surface area contributed by atoms with Crippen LogP contribution in [-0.4, -0.2) is 66.1 Å². The Morgan fingerprint density at radius 1 is 1.38 bits per heavy atom. The number of rotatable bonds is 5. The van der Waals surface area contributed by atoms with Gasteiger partial charge in [-0.15, -0.1) is 0 Å². The van der Waals surface area contributed by atoms with E-state index in [-0.39, 0.29) is 29.0 Å². The number of hydrogen-bond donors (Lipinski definition) is 2. The lowest BCUT2D eigenvalue weighted by Gasteiger charge is -2.34. The number of carbonyl (C=O) groups is 2. The van der Waals surface area contributed by atoms with E-state index in [1.807, 2.05) is 4.90 Å². The smallest absolute Gasteiger partial charge is 0.293 e. The molecule has 2 amide bonds. The Morgan fingerprint density at radius 3 is 2.79 bits per heavy atom.